The summed E-state index contributed by atoms with van der Waals surface area (Å²) in [4.78, 5) is 0. The monoisotopic (exact) mass is 646 g/mol. The molecular formula is C38H30Cl2Zr. The number of halogens is 2. The van der Waals surface area contributed by atoms with Crippen LogP contribution in [0.2, 0.25) is 0 Å². The summed E-state index contributed by atoms with van der Waals surface area (Å²) in [7, 11) is 0. The number of fused-ring (bicyclic) bond motifs is 4. The number of hydrogen-bond acceptors (Lipinski definition) is 0. The minimum Gasteiger partial charge on any atom is -1.00 e. The molecule has 0 saturated heterocycles. The van der Waals surface area contributed by atoms with Crippen LogP contribution < -0.4 is 24.8 Å². The van der Waals surface area contributed by atoms with Crippen LogP contribution in [-0.4, -0.2) is 0 Å². The zero-order valence-corrected chi connectivity index (χ0v) is 27.1. The summed E-state index contributed by atoms with van der Waals surface area (Å²) in [5.41, 5.74) is 11.2. The molecule has 0 N–H and O–H groups in total. The minimum atomic E-state index is 0. The van der Waals surface area contributed by atoms with Crippen molar-refractivity contribution in [2.75, 3.05) is 0 Å². The zero-order valence-electron chi connectivity index (χ0n) is 23.1. The maximum absolute atomic E-state index is 2.33. The number of hydrogen-bond donors (Lipinski definition) is 0. The third-order valence-electron chi connectivity index (χ3n) is 8.30. The third-order valence-corrected chi connectivity index (χ3v) is 8.30. The fourth-order valence-corrected chi connectivity index (χ4v) is 6.29. The molecule has 0 bridgehead atoms. The Balaban J connectivity index is 0.000000176. The molecular weight excluding hydrogens is 619 g/mol. The van der Waals surface area contributed by atoms with Gasteiger partial charge in [-0.05, 0) is 47.2 Å². The van der Waals surface area contributed by atoms with Crippen molar-refractivity contribution in [3.8, 4) is 0 Å². The van der Waals surface area contributed by atoms with Gasteiger partial charge in [0, 0.05) is 11.8 Å². The van der Waals surface area contributed by atoms with Gasteiger partial charge >= 0.3 is 26.2 Å². The summed E-state index contributed by atoms with van der Waals surface area (Å²) < 4.78 is 0. The molecule has 0 heterocycles. The quantitative estimate of drug-likeness (QED) is 0.249. The van der Waals surface area contributed by atoms with Crippen molar-refractivity contribution in [1.29, 1.82) is 0 Å². The normalized spacial score (nSPS) is 15.8. The van der Waals surface area contributed by atoms with E-state index in [0.717, 1.165) is 0 Å². The van der Waals surface area contributed by atoms with E-state index in [9.17, 15) is 0 Å². The molecule has 0 amide bonds. The standard InChI is InChI=1S/2C19H15.2ClH.Zr/c2*1-13-5-4-8-19-17(13)9-10-18(19)16-11-14-6-2-3-7-15(14)12-16;;;/h2*2-12,18H,1H3;2*1H;/q2*-1;;;+4/p-2. The fraction of sp³-hybridized carbons (Fsp3) is 0.105. The van der Waals surface area contributed by atoms with E-state index in [2.05, 4.69) is 147 Å². The fourth-order valence-electron chi connectivity index (χ4n) is 6.29. The van der Waals surface area contributed by atoms with Gasteiger partial charge in [0.1, 0.15) is 0 Å². The summed E-state index contributed by atoms with van der Waals surface area (Å²) >= 11 is 0. The second kappa shape index (κ2) is 12.9. The molecule has 200 valence electrons. The van der Waals surface area contributed by atoms with Gasteiger partial charge in [0.15, 0.2) is 0 Å². The first-order valence-corrected chi connectivity index (χ1v) is 13.5. The summed E-state index contributed by atoms with van der Waals surface area (Å²) in [5.74, 6) is 0.838. The second-order valence-corrected chi connectivity index (χ2v) is 10.7. The molecule has 2 unspecified atom stereocenters. The SMILES string of the molecule is Cc1cccc2c1C=CC2c1cc2ccccc2[cH-]1.Cc1cccc2c1C=CC2c1cc2ccccc2[cH-]1.[Cl-].[Cl-].[Zr+4]. The molecule has 0 fully saturated rings. The van der Waals surface area contributed by atoms with E-state index in [4.69, 9.17) is 0 Å². The van der Waals surface area contributed by atoms with Crippen LogP contribution in [0, 0.1) is 13.8 Å². The largest absolute Gasteiger partial charge is 4.00 e. The molecule has 0 aliphatic heterocycles. The Hall–Kier alpha value is -2.96. The summed E-state index contributed by atoms with van der Waals surface area (Å²) in [6.07, 6.45) is 9.19. The molecule has 6 aromatic rings. The number of aryl methyl sites for hydroxylation is 2. The molecule has 0 spiro atoms. The van der Waals surface area contributed by atoms with Crippen molar-refractivity contribution in [2.45, 2.75) is 25.7 Å². The number of rotatable bonds is 2. The van der Waals surface area contributed by atoms with Crippen LogP contribution in [0.4, 0.5) is 0 Å². The molecule has 2 aliphatic carbocycles. The van der Waals surface area contributed by atoms with Gasteiger partial charge in [-0.1, -0.05) is 72.8 Å². The Morgan fingerprint density at radius 1 is 0.512 bits per heavy atom. The van der Waals surface area contributed by atoms with E-state index in [1.165, 1.54) is 66.1 Å². The van der Waals surface area contributed by atoms with Gasteiger partial charge in [-0.3, -0.25) is 0 Å². The molecule has 41 heavy (non-hydrogen) atoms. The van der Waals surface area contributed by atoms with Crippen molar-refractivity contribution in [2.24, 2.45) is 0 Å². The Morgan fingerprint density at radius 2 is 0.927 bits per heavy atom. The smallest absolute Gasteiger partial charge is 1.00 e. The molecule has 8 rings (SSSR count). The predicted octanol–water partition coefficient (Wildman–Crippen LogP) is 4.06. The average molecular weight is 649 g/mol. The van der Waals surface area contributed by atoms with Crippen LogP contribution in [0.25, 0.3) is 33.7 Å². The summed E-state index contributed by atoms with van der Waals surface area (Å²) in [6, 6.07) is 39.7. The first-order valence-electron chi connectivity index (χ1n) is 13.5. The van der Waals surface area contributed by atoms with Crippen LogP contribution in [0.15, 0.2) is 121 Å². The van der Waals surface area contributed by atoms with Crippen molar-refractivity contribution >= 4 is 33.7 Å². The van der Waals surface area contributed by atoms with Crippen LogP contribution in [0.3, 0.4) is 0 Å². The van der Waals surface area contributed by atoms with Gasteiger partial charge in [-0.25, -0.2) is 0 Å². The average Bonchev–Trinajstić information content (AvgIpc) is 3.72. The first-order chi connectivity index (χ1) is 18.7. The first kappa shape index (κ1) is 31.0. The maximum atomic E-state index is 2.33. The van der Waals surface area contributed by atoms with Crippen molar-refractivity contribution in [1.82, 2.24) is 0 Å². The number of benzene rings is 4. The zero-order chi connectivity index (χ0) is 25.6. The summed E-state index contributed by atoms with van der Waals surface area (Å²) in [6.45, 7) is 4.38. The molecule has 2 atom stereocenters. The Morgan fingerprint density at radius 3 is 1.34 bits per heavy atom. The van der Waals surface area contributed by atoms with E-state index in [-0.39, 0.29) is 51.0 Å². The molecule has 0 nitrogen and oxygen atoms in total. The minimum absolute atomic E-state index is 0. The van der Waals surface area contributed by atoms with E-state index in [1.54, 1.807) is 0 Å². The Labute approximate surface area is 274 Å². The van der Waals surface area contributed by atoms with Gasteiger partial charge in [-0.2, -0.15) is 12.1 Å². The molecule has 0 saturated carbocycles. The van der Waals surface area contributed by atoms with E-state index in [0.29, 0.717) is 11.8 Å². The third kappa shape index (κ3) is 5.74. The van der Waals surface area contributed by atoms with Gasteiger partial charge in [-0.15, -0.1) is 81.2 Å². The topological polar surface area (TPSA) is 0 Å². The Kier molecular flexibility index (Phi) is 9.76. The number of allylic oxidation sites excluding steroid dienone is 2. The van der Waals surface area contributed by atoms with E-state index >= 15 is 0 Å². The van der Waals surface area contributed by atoms with Crippen LogP contribution in [-0.2, 0) is 26.2 Å². The molecule has 3 heteroatoms. The van der Waals surface area contributed by atoms with Crippen LogP contribution in [0.1, 0.15) is 56.3 Å². The van der Waals surface area contributed by atoms with Crippen molar-refractivity contribution in [3.05, 3.63) is 166 Å². The van der Waals surface area contributed by atoms with Crippen molar-refractivity contribution < 1.29 is 51.0 Å². The van der Waals surface area contributed by atoms with Crippen LogP contribution in [0.5, 0.6) is 0 Å². The molecule has 6 aromatic carbocycles. The molecule has 0 aromatic heterocycles. The van der Waals surface area contributed by atoms with Gasteiger partial charge in [0.05, 0.1) is 0 Å². The van der Waals surface area contributed by atoms with Crippen molar-refractivity contribution in [3.63, 3.8) is 0 Å². The van der Waals surface area contributed by atoms with Crippen LogP contribution >= 0.6 is 0 Å². The van der Waals surface area contributed by atoms with Gasteiger partial charge in [0.2, 0.25) is 0 Å². The van der Waals surface area contributed by atoms with Gasteiger partial charge < -0.3 is 24.8 Å². The maximum Gasteiger partial charge on any atom is 4.00 e. The second-order valence-electron chi connectivity index (χ2n) is 10.7. The Bertz CT molecular complexity index is 1660. The summed E-state index contributed by atoms with van der Waals surface area (Å²) in [5, 5.41) is 5.36. The van der Waals surface area contributed by atoms with Gasteiger partial charge in [0.25, 0.3) is 0 Å². The molecule has 0 radical (unpaired) electrons. The molecule has 2 aliphatic rings. The van der Waals surface area contributed by atoms with E-state index < -0.39 is 0 Å². The predicted molar refractivity (Wildman–Crippen MR) is 163 cm³/mol. The van der Waals surface area contributed by atoms with E-state index in [1.807, 2.05) is 0 Å².